The zero-order valence-electron chi connectivity index (χ0n) is 19.4. The van der Waals surface area contributed by atoms with Crippen LogP contribution in [0, 0.1) is 5.92 Å². The van der Waals surface area contributed by atoms with Crippen molar-refractivity contribution in [3.8, 4) is 5.75 Å². The average molecular weight is 517 g/mol. The molecule has 0 radical (unpaired) electrons. The summed E-state index contributed by atoms with van der Waals surface area (Å²) in [7, 11) is 0. The third kappa shape index (κ3) is 6.01. The van der Waals surface area contributed by atoms with Crippen LogP contribution in [-0.2, 0) is 11.2 Å². The summed E-state index contributed by atoms with van der Waals surface area (Å²) in [6.07, 6.45) is 1.67. The number of halogens is 1. The number of amides is 2. The fourth-order valence-corrected chi connectivity index (χ4v) is 5.80. The van der Waals surface area contributed by atoms with Gasteiger partial charge in [0, 0.05) is 23.0 Å². The minimum Gasteiger partial charge on any atom is -0.491 e. The van der Waals surface area contributed by atoms with Gasteiger partial charge in [-0.2, -0.15) is 0 Å². The van der Waals surface area contributed by atoms with Crippen LogP contribution in [-0.4, -0.2) is 47.9 Å². The molecule has 5 nitrogen and oxygen atoms in total. The van der Waals surface area contributed by atoms with Gasteiger partial charge in [-0.3, -0.25) is 9.59 Å². The molecule has 0 saturated heterocycles. The summed E-state index contributed by atoms with van der Waals surface area (Å²) >= 11 is 9.13. The largest absolute Gasteiger partial charge is 0.491 e. The van der Waals surface area contributed by atoms with Crippen LogP contribution >= 0.6 is 34.3 Å². The van der Waals surface area contributed by atoms with Gasteiger partial charge >= 0.3 is 0 Å². The molecule has 0 aliphatic carbocycles. The molecule has 1 atom stereocenters. The van der Waals surface area contributed by atoms with Crippen molar-refractivity contribution in [2.45, 2.75) is 32.7 Å². The van der Waals surface area contributed by atoms with Crippen molar-refractivity contribution in [3.63, 3.8) is 0 Å². The highest BCUT2D eigenvalue weighted by Gasteiger charge is 2.33. The molecule has 0 fully saturated rings. The standard InChI is InChI=1S/C26H29ClN2O3S2/c1-18(2)9-12-28(26(31)24-4-3-14-33-24)16-25(30)29-13-10-23-21(11-15-34-23)22(29)17-32-20-7-5-19(27)6-8-20/h3-8,11,14-15,18,22H,9-10,12-13,16-17H2,1-2H3/t22-/m0/s1. The highest BCUT2D eigenvalue weighted by molar-refractivity contribution is 7.12. The van der Waals surface area contributed by atoms with Gasteiger partial charge in [-0.15, -0.1) is 22.7 Å². The number of rotatable bonds is 9. The van der Waals surface area contributed by atoms with E-state index in [1.165, 1.54) is 16.2 Å². The SMILES string of the molecule is CC(C)CCN(CC(=O)N1CCc2sccc2[C@@H]1COc1ccc(Cl)cc1)C(=O)c1cccs1. The molecule has 0 spiro atoms. The van der Waals surface area contributed by atoms with Gasteiger partial charge in [0.05, 0.1) is 10.9 Å². The van der Waals surface area contributed by atoms with E-state index in [4.69, 9.17) is 16.3 Å². The number of thiophene rings is 2. The molecule has 8 heteroatoms. The Morgan fingerprint density at radius 2 is 1.94 bits per heavy atom. The number of nitrogens with zero attached hydrogens (tertiary/aromatic N) is 2. The van der Waals surface area contributed by atoms with Crippen molar-refractivity contribution < 1.29 is 14.3 Å². The Kier molecular flexibility index (Phi) is 8.29. The predicted octanol–water partition coefficient (Wildman–Crippen LogP) is 6.16. The number of hydrogen-bond acceptors (Lipinski definition) is 5. The summed E-state index contributed by atoms with van der Waals surface area (Å²) in [6, 6.07) is 12.8. The van der Waals surface area contributed by atoms with Gasteiger partial charge in [-0.1, -0.05) is 31.5 Å². The highest BCUT2D eigenvalue weighted by Crippen LogP contribution is 2.34. The van der Waals surface area contributed by atoms with E-state index in [1.54, 1.807) is 28.4 Å². The zero-order valence-corrected chi connectivity index (χ0v) is 21.8. The summed E-state index contributed by atoms with van der Waals surface area (Å²) in [5.41, 5.74) is 1.14. The first-order valence-electron chi connectivity index (χ1n) is 11.5. The van der Waals surface area contributed by atoms with Crippen LogP contribution in [0.15, 0.2) is 53.2 Å². The van der Waals surface area contributed by atoms with Crippen molar-refractivity contribution in [2.75, 3.05) is 26.2 Å². The molecule has 1 aliphatic rings. The van der Waals surface area contributed by atoms with E-state index in [9.17, 15) is 9.59 Å². The lowest BCUT2D eigenvalue weighted by molar-refractivity contribution is -0.135. The second kappa shape index (κ2) is 11.4. The van der Waals surface area contributed by atoms with Crippen molar-refractivity contribution in [3.05, 3.63) is 73.6 Å². The maximum absolute atomic E-state index is 13.6. The Morgan fingerprint density at radius 3 is 2.65 bits per heavy atom. The lowest BCUT2D eigenvalue weighted by Crippen LogP contribution is -2.48. The third-order valence-corrected chi connectivity index (χ3v) is 8.06. The van der Waals surface area contributed by atoms with E-state index in [1.807, 2.05) is 34.5 Å². The molecule has 2 aromatic heterocycles. The fraction of sp³-hybridized carbons (Fsp3) is 0.385. The van der Waals surface area contributed by atoms with E-state index in [0.717, 1.165) is 18.4 Å². The van der Waals surface area contributed by atoms with Crippen LogP contribution in [0.3, 0.4) is 0 Å². The van der Waals surface area contributed by atoms with Crippen LogP contribution in [0.1, 0.15) is 46.4 Å². The van der Waals surface area contributed by atoms with Crippen LogP contribution in [0.5, 0.6) is 5.75 Å². The van der Waals surface area contributed by atoms with Gasteiger partial charge in [0.2, 0.25) is 5.91 Å². The van der Waals surface area contributed by atoms with E-state index < -0.39 is 0 Å². The first-order valence-corrected chi connectivity index (χ1v) is 13.6. The molecule has 4 rings (SSSR count). The molecule has 0 unspecified atom stereocenters. The predicted molar refractivity (Wildman–Crippen MR) is 139 cm³/mol. The van der Waals surface area contributed by atoms with Crippen LogP contribution in [0.25, 0.3) is 0 Å². The molecule has 3 heterocycles. The number of carbonyl (C=O) groups is 2. The monoisotopic (exact) mass is 516 g/mol. The van der Waals surface area contributed by atoms with Crippen molar-refractivity contribution >= 4 is 46.1 Å². The number of ether oxygens (including phenoxy) is 1. The normalized spacial score (nSPS) is 15.3. The number of fused-ring (bicyclic) bond motifs is 1. The Hall–Kier alpha value is -2.35. The molecule has 1 aromatic carbocycles. The van der Waals surface area contributed by atoms with Crippen molar-refractivity contribution in [2.24, 2.45) is 5.92 Å². The van der Waals surface area contributed by atoms with Crippen molar-refractivity contribution in [1.29, 1.82) is 0 Å². The first kappa shape index (κ1) is 24.8. The Labute approximate surface area is 213 Å². The van der Waals surface area contributed by atoms with E-state index in [0.29, 0.717) is 41.3 Å². The highest BCUT2D eigenvalue weighted by atomic mass is 35.5. The second-order valence-electron chi connectivity index (χ2n) is 8.80. The second-order valence-corrected chi connectivity index (χ2v) is 11.2. The Balaban J connectivity index is 1.51. The maximum atomic E-state index is 13.6. The summed E-state index contributed by atoms with van der Waals surface area (Å²) in [4.78, 5) is 32.3. The van der Waals surface area contributed by atoms with Gasteiger partial charge in [-0.25, -0.2) is 0 Å². The van der Waals surface area contributed by atoms with Gasteiger partial charge in [-0.05, 0) is 71.5 Å². The summed E-state index contributed by atoms with van der Waals surface area (Å²) < 4.78 is 6.07. The maximum Gasteiger partial charge on any atom is 0.264 e. The van der Waals surface area contributed by atoms with Gasteiger partial charge < -0.3 is 14.5 Å². The van der Waals surface area contributed by atoms with Crippen LogP contribution in [0.4, 0.5) is 0 Å². The lowest BCUT2D eigenvalue weighted by atomic mass is 10.0. The van der Waals surface area contributed by atoms with Crippen LogP contribution < -0.4 is 4.74 Å². The van der Waals surface area contributed by atoms with Gasteiger partial charge in [0.15, 0.2) is 0 Å². The van der Waals surface area contributed by atoms with Gasteiger partial charge in [0.1, 0.15) is 18.9 Å². The molecule has 0 bridgehead atoms. The van der Waals surface area contributed by atoms with E-state index in [2.05, 4.69) is 25.3 Å². The Morgan fingerprint density at radius 1 is 1.15 bits per heavy atom. The summed E-state index contributed by atoms with van der Waals surface area (Å²) in [5, 5.41) is 4.62. The average Bonchev–Trinajstić information content (AvgIpc) is 3.53. The lowest BCUT2D eigenvalue weighted by Gasteiger charge is -2.37. The molecule has 0 saturated carbocycles. The number of hydrogen-bond donors (Lipinski definition) is 0. The Bertz CT molecular complexity index is 1100. The molecule has 1 aliphatic heterocycles. The van der Waals surface area contributed by atoms with Crippen LogP contribution in [0.2, 0.25) is 5.02 Å². The summed E-state index contributed by atoms with van der Waals surface area (Å²) in [5.74, 6) is 1.03. The molecule has 0 N–H and O–H groups in total. The van der Waals surface area contributed by atoms with Crippen molar-refractivity contribution in [1.82, 2.24) is 9.80 Å². The molecule has 2 amide bonds. The molecular formula is C26H29ClN2O3S2. The smallest absolute Gasteiger partial charge is 0.264 e. The quantitative estimate of drug-likeness (QED) is 0.342. The third-order valence-electron chi connectivity index (χ3n) is 5.96. The summed E-state index contributed by atoms with van der Waals surface area (Å²) in [6.45, 7) is 5.85. The first-order chi connectivity index (χ1) is 16.4. The molecule has 3 aromatic rings. The molecule has 180 valence electrons. The minimum atomic E-state index is -0.193. The molecule has 34 heavy (non-hydrogen) atoms. The molecular weight excluding hydrogens is 488 g/mol. The number of carbonyl (C=O) groups excluding carboxylic acids is 2. The fourth-order valence-electron chi connectivity index (χ4n) is 4.06. The topological polar surface area (TPSA) is 49.9 Å². The van der Waals surface area contributed by atoms with E-state index in [-0.39, 0.29) is 24.4 Å². The van der Waals surface area contributed by atoms with Gasteiger partial charge in [0.25, 0.3) is 5.91 Å². The zero-order chi connectivity index (χ0) is 24.1. The minimum absolute atomic E-state index is 0.0461. The number of benzene rings is 1. The van der Waals surface area contributed by atoms with E-state index >= 15 is 0 Å².